The zero-order valence-corrected chi connectivity index (χ0v) is 10.8. The third-order valence-corrected chi connectivity index (χ3v) is 3.52. The van der Waals surface area contributed by atoms with Crippen molar-refractivity contribution in [3.63, 3.8) is 0 Å². The molecule has 2 heteroatoms. The highest BCUT2D eigenvalue weighted by Gasteiger charge is 2.18. The maximum atomic E-state index is 10.4. The first-order chi connectivity index (χ1) is 8.76. The molecule has 2 nitrogen and oxygen atoms in total. The maximum Gasteiger partial charge on any atom is 0.0830 e. The molecule has 18 heavy (non-hydrogen) atoms. The Morgan fingerprint density at radius 3 is 2.50 bits per heavy atom. The zero-order valence-electron chi connectivity index (χ0n) is 10.8. The number of fused-ring (bicyclic) bond motifs is 1. The summed E-state index contributed by atoms with van der Waals surface area (Å²) in [5.41, 5.74) is 6.72. The predicted molar refractivity (Wildman–Crippen MR) is 76.4 cm³/mol. The number of hydrogen-bond acceptors (Lipinski definition) is 2. The van der Waals surface area contributed by atoms with Gasteiger partial charge in [0.15, 0.2) is 0 Å². The lowest BCUT2D eigenvalue weighted by Gasteiger charge is -2.21. The van der Waals surface area contributed by atoms with Crippen molar-refractivity contribution in [2.24, 2.45) is 11.7 Å². The molecule has 0 fully saturated rings. The average Bonchev–Trinajstić information content (AvgIpc) is 2.43. The molecule has 2 unspecified atom stereocenters. The Bertz CT molecular complexity index is 509. The van der Waals surface area contributed by atoms with Crippen LogP contribution in [0.3, 0.4) is 0 Å². The molecule has 0 radical (unpaired) electrons. The average molecular weight is 243 g/mol. The highest BCUT2D eigenvalue weighted by atomic mass is 16.3. The summed E-state index contributed by atoms with van der Waals surface area (Å²) in [7, 11) is 0. The van der Waals surface area contributed by atoms with E-state index < -0.39 is 6.10 Å². The minimum Gasteiger partial charge on any atom is -0.388 e. The third kappa shape index (κ3) is 2.71. The fourth-order valence-corrected chi connectivity index (χ4v) is 2.44. The molecular formula is C16H21NO. The second kappa shape index (κ2) is 5.98. The topological polar surface area (TPSA) is 46.2 Å². The fraction of sp³-hybridized carbons (Fsp3) is 0.375. The zero-order chi connectivity index (χ0) is 13.0. The number of nitrogens with two attached hydrogens (primary N) is 1. The van der Waals surface area contributed by atoms with Gasteiger partial charge in [-0.2, -0.15) is 0 Å². The van der Waals surface area contributed by atoms with E-state index in [2.05, 4.69) is 31.2 Å². The first kappa shape index (κ1) is 13.1. The van der Waals surface area contributed by atoms with Gasteiger partial charge in [0.25, 0.3) is 0 Å². The van der Waals surface area contributed by atoms with Gasteiger partial charge in [0.2, 0.25) is 0 Å². The Hall–Kier alpha value is -1.38. The lowest BCUT2D eigenvalue weighted by Crippen LogP contribution is -2.21. The predicted octanol–water partition coefficient (Wildman–Crippen LogP) is 3.25. The van der Waals surface area contributed by atoms with E-state index in [-0.39, 0.29) is 5.92 Å². The largest absolute Gasteiger partial charge is 0.388 e. The Kier molecular flexibility index (Phi) is 4.34. The second-order valence-corrected chi connectivity index (χ2v) is 4.84. The van der Waals surface area contributed by atoms with E-state index in [1.807, 2.05) is 18.2 Å². The summed E-state index contributed by atoms with van der Waals surface area (Å²) in [6.07, 6.45) is 1.55. The van der Waals surface area contributed by atoms with Crippen LogP contribution in [0.5, 0.6) is 0 Å². The van der Waals surface area contributed by atoms with Crippen LogP contribution in [0.2, 0.25) is 0 Å². The van der Waals surface area contributed by atoms with Gasteiger partial charge in [0.05, 0.1) is 6.10 Å². The van der Waals surface area contributed by atoms with E-state index in [1.165, 1.54) is 10.8 Å². The van der Waals surface area contributed by atoms with Gasteiger partial charge in [-0.1, -0.05) is 49.7 Å². The molecule has 0 aliphatic heterocycles. The summed E-state index contributed by atoms with van der Waals surface area (Å²) < 4.78 is 0. The molecule has 2 aromatic carbocycles. The summed E-state index contributed by atoms with van der Waals surface area (Å²) in [4.78, 5) is 0. The van der Waals surface area contributed by atoms with Crippen LogP contribution >= 0.6 is 0 Å². The Balaban J connectivity index is 2.29. The molecule has 2 aromatic rings. The summed E-state index contributed by atoms with van der Waals surface area (Å²) in [5, 5.41) is 12.8. The van der Waals surface area contributed by atoms with E-state index in [4.69, 9.17) is 5.73 Å². The summed E-state index contributed by atoms with van der Waals surface area (Å²) in [6.45, 7) is 2.65. The van der Waals surface area contributed by atoms with Gasteiger partial charge < -0.3 is 10.8 Å². The standard InChI is InChI=1S/C16H21NO/c1-2-5-15(11-17)16(18)14-9-8-12-6-3-4-7-13(12)10-14/h3-4,6-10,15-16,18H,2,5,11,17H2,1H3. The van der Waals surface area contributed by atoms with Crippen LogP contribution in [-0.4, -0.2) is 11.7 Å². The number of rotatable bonds is 5. The van der Waals surface area contributed by atoms with Crippen molar-refractivity contribution in [1.82, 2.24) is 0 Å². The Morgan fingerprint density at radius 2 is 1.83 bits per heavy atom. The van der Waals surface area contributed by atoms with Crippen LogP contribution in [0.1, 0.15) is 31.4 Å². The maximum absolute atomic E-state index is 10.4. The van der Waals surface area contributed by atoms with E-state index in [1.54, 1.807) is 0 Å². The number of aliphatic hydroxyl groups excluding tert-OH is 1. The van der Waals surface area contributed by atoms with Gasteiger partial charge >= 0.3 is 0 Å². The van der Waals surface area contributed by atoms with Crippen molar-refractivity contribution >= 4 is 10.8 Å². The molecule has 0 aliphatic rings. The van der Waals surface area contributed by atoms with Crippen LogP contribution in [-0.2, 0) is 0 Å². The molecule has 0 saturated carbocycles. The smallest absolute Gasteiger partial charge is 0.0830 e. The lowest BCUT2D eigenvalue weighted by molar-refractivity contribution is 0.107. The van der Waals surface area contributed by atoms with Crippen molar-refractivity contribution < 1.29 is 5.11 Å². The summed E-state index contributed by atoms with van der Waals surface area (Å²) >= 11 is 0. The third-order valence-electron chi connectivity index (χ3n) is 3.52. The molecule has 2 atom stereocenters. The molecule has 0 spiro atoms. The highest BCUT2D eigenvalue weighted by Crippen LogP contribution is 2.27. The van der Waals surface area contributed by atoms with E-state index in [0.29, 0.717) is 6.54 Å². The van der Waals surface area contributed by atoms with Crippen molar-refractivity contribution in [3.05, 3.63) is 48.0 Å². The van der Waals surface area contributed by atoms with Crippen LogP contribution < -0.4 is 5.73 Å². The monoisotopic (exact) mass is 243 g/mol. The number of aliphatic hydroxyl groups is 1. The molecule has 0 aliphatic carbocycles. The normalized spacial score (nSPS) is 14.6. The van der Waals surface area contributed by atoms with E-state index in [9.17, 15) is 5.11 Å². The molecule has 96 valence electrons. The van der Waals surface area contributed by atoms with Gasteiger partial charge in [0.1, 0.15) is 0 Å². The van der Waals surface area contributed by atoms with Gasteiger partial charge in [0, 0.05) is 5.92 Å². The van der Waals surface area contributed by atoms with Crippen molar-refractivity contribution in [2.75, 3.05) is 6.54 Å². The number of benzene rings is 2. The highest BCUT2D eigenvalue weighted by molar-refractivity contribution is 5.83. The van der Waals surface area contributed by atoms with Crippen molar-refractivity contribution in [2.45, 2.75) is 25.9 Å². The summed E-state index contributed by atoms with van der Waals surface area (Å²) in [6, 6.07) is 14.3. The van der Waals surface area contributed by atoms with E-state index >= 15 is 0 Å². The lowest BCUT2D eigenvalue weighted by atomic mass is 9.91. The minimum absolute atomic E-state index is 0.149. The van der Waals surface area contributed by atoms with Crippen LogP contribution in [0.15, 0.2) is 42.5 Å². The number of hydrogen-bond donors (Lipinski definition) is 2. The molecule has 0 saturated heterocycles. The molecule has 0 bridgehead atoms. The van der Waals surface area contributed by atoms with Gasteiger partial charge in [-0.25, -0.2) is 0 Å². The van der Waals surface area contributed by atoms with Gasteiger partial charge in [-0.15, -0.1) is 0 Å². The molecule has 2 rings (SSSR count). The molecule has 3 N–H and O–H groups in total. The molecule has 0 aromatic heterocycles. The quantitative estimate of drug-likeness (QED) is 0.846. The first-order valence-corrected chi connectivity index (χ1v) is 6.63. The van der Waals surface area contributed by atoms with Crippen molar-refractivity contribution in [3.8, 4) is 0 Å². The SMILES string of the molecule is CCCC(CN)C(O)c1ccc2ccccc2c1. The van der Waals surface area contributed by atoms with Crippen LogP contribution in [0.25, 0.3) is 10.8 Å². The fourth-order valence-electron chi connectivity index (χ4n) is 2.44. The molecule has 0 amide bonds. The van der Waals surface area contributed by atoms with Gasteiger partial charge in [-0.05, 0) is 35.4 Å². The second-order valence-electron chi connectivity index (χ2n) is 4.84. The van der Waals surface area contributed by atoms with E-state index in [0.717, 1.165) is 18.4 Å². The Morgan fingerprint density at radius 1 is 1.11 bits per heavy atom. The summed E-state index contributed by atoms with van der Waals surface area (Å²) in [5.74, 6) is 0.149. The first-order valence-electron chi connectivity index (χ1n) is 6.63. The van der Waals surface area contributed by atoms with Crippen molar-refractivity contribution in [1.29, 1.82) is 0 Å². The van der Waals surface area contributed by atoms with Gasteiger partial charge in [-0.3, -0.25) is 0 Å². The van der Waals surface area contributed by atoms with Crippen LogP contribution in [0.4, 0.5) is 0 Å². The minimum atomic E-state index is -0.459. The van der Waals surface area contributed by atoms with Crippen LogP contribution in [0, 0.1) is 5.92 Å². The molecule has 0 heterocycles. The Labute approximate surface area is 108 Å². The molecular weight excluding hydrogens is 222 g/mol.